The second-order valence-corrected chi connectivity index (χ2v) is 5.03. The van der Waals surface area contributed by atoms with Gasteiger partial charge >= 0.3 is 5.97 Å². The second-order valence-electron chi connectivity index (χ2n) is 3.98. The highest BCUT2D eigenvalue weighted by Crippen LogP contribution is 2.26. The van der Waals surface area contributed by atoms with Crippen molar-refractivity contribution in [3.05, 3.63) is 41.7 Å². The molecule has 2 rings (SSSR count). The molecule has 6 heteroatoms. The van der Waals surface area contributed by atoms with Gasteiger partial charge in [-0.2, -0.15) is 5.10 Å². The summed E-state index contributed by atoms with van der Waals surface area (Å²) in [7, 11) is 3.34. The Bertz CT molecular complexity index is 595. The molecule has 19 heavy (non-hydrogen) atoms. The molecule has 5 nitrogen and oxygen atoms in total. The fraction of sp³-hybridized carbons (Fsp3) is 0.231. The van der Waals surface area contributed by atoms with Gasteiger partial charge in [-0.3, -0.25) is 4.68 Å². The highest BCUT2D eigenvalue weighted by Gasteiger charge is 2.11. The summed E-state index contributed by atoms with van der Waals surface area (Å²) in [5, 5.41) is 13.1. The number of carboxylic acids is 1. The Labute approximate surface area is 115 Å². The number of methoxy groups -OCH3 is 1. The van der Waals surface area contributed by atoms with Crippen LogP contribution in [0.4, 0.5) is 0 Å². The Morgan fingerprint density at radius 2 is 2.32 bits per heavy atom. The zero-order valence-electron chi connectivity index (χ0n) is 10.7. The fourth-order valence-corrected chi connectivity index (χ4v) is 2.50. The van der Waals surface area contributed by atoms with E-state index in [-0.39, 0.29) is 5.56 Å². The van der Waals surface area contributed by atoms with E-state index in [0.717, 1.165) is 16.2 Å². The predicted octanol–water partition coefficient (Wildman–Crippen LogP) is 2.42. The van der Waals surface area contributed by atoms with E-state index in [9.17, 15) is 4.79 Å². The fourth-order valence-electron chi connectivity index (χ4n) is 1.64. The number of benzene rings is 1. The maximum absolute atomic E-state index is 11.0. The van der Waals surface area contributed by atoms with Crippen molar-refractivity contribution in [3.8, 4) is 5.75 Å². The number of thioether (sulfide) groups is 1. The normalized spacial score (nSPS) is 10.4. The molecule has 100 valence electrons. The van der Waals surface area contributed by atoms with Crippen molar-refractivity contribution >= 4 is 17.7 Å². The molecule has 0 fully saturated rings. The molecule has 0 radical (unpaired) electrons. The van der Waals surface area contributed by atoms with Gasteiger partial charge in [0, 0.05) is 23.9 Å². The van der Waals surface area contributed by atoms with Crippen molar-refractivity contribution in [1.29, 1.82) is 0 Å². The van der Waals surface area contributed by atoms with E-state index in [2.05, 4.69) is 5.10 Å². The topological polar surface area (TPSA) is 64.4 Å². The standard InChI is InChI=1S/C13H14N2O3S/c1-15-7-10(6-14-15)19-8-9-3-4-11(13(16)17)12(5-9)18-2/h3-7H,8H2,1-2H3,(H,16,17). The van der Waals surface area contributed by atoms with E-state index >= 15 is 0 Å². The summed E-state index contributed by atoms with van der Waals surface area (Å²) in [5.41, 5.74) is 1.19. The first-order valence-electron chi connectivity index (χ1n) is 5.62. The average Bonchev–Trinajstić information content (AvgIpc) is 2.81. The lowest BCUT2D eigenvalue weighted by Crippen LogP contribution is -2.00. The molecule has 0 saturated heterocycles. The van der Waals surface area contributed by atoms with Crippen LogP contribution in [0.15, 0.2) is 35.5 Å². The molecule has 1 aromatic carbocycles. The van der Waals surface area contributed by atoms with E-state index in [1.165, 1.54) is 7.11 Å². The van der Waals surface area contributed by atoms with Gasteiger partial charge < -0.3 is 9.84 Å². The minimum absolute atomic E-state index is 0.178. The van der Waals surface area contributed by atoms with Crippen molar-refractivity contribution in [1.82, 2.24) is 9.78 Å². The Kier molecular flexibility index (Phi) is 4.11. The monoisotopic (exact) mass is 278 g/mol. The highest BCUT2D eigenvalue weighted by atomic mass is 32.2. The van der Waals surface area contributed by atoms with Gasteiger partial charge in [0.05, 0.1) is 13.3 Å². The summed E-state index contributed by atoms with van der Waals surface area (Å²) in [6.45, 7) is 0. The first-order chi connectivity index (χ1) is 9.10. The Morgan fingerprint density at radius 1 is 1.53 bits per heavy atom. The molecule has 0 saturated carbocycles. The molecule has 0 aliphatic rings. The largest absolute Gasteiger partial charge is 0.496 e. The zero-order chi connectivity index (χ0) is 13.8. The molecule has 1 heterocycles. The summed E-state index contributed by atoms with van der Waals surface area (Å²) >= 11 is 1.64. The third-order valence-electron chi connectivity index (χ3n) is 2.58. The smallest absolute Gasteiger partial charge is 0.339 e. The van der Waals surface area contributed by atoms with E-state index in [1.54, 1.807) is 40.8 Å². The number of nitrogens with zero attached hydrogens (tertiary/aromatic N) is 2. The number of aromatic carboxylic acids is 1. The van der Waals surface area contributed by atoms with Gasteiger partial charge in [0.1, 0.15) is 11.3 Å². The van der Waals surface area contributed by atoms with Crippen LogP contribution in [0.2, 0.25) is 0 Å². The summed E-state index contributed by atoms with van der Waals surface area (Å²) in [5.74, 6) is 0.141. The Hall–Kier alpha value is -1.95. The third-order valence-corrected chi connectivity index (χ3v) is 3.60. The van der Waals surface area contributed by atoms with Crippen LogP contribution in [0.3, 0.4) is 0 Å². The van der Waals surface area contributed by atoms with Crippen molar-refractivity contribution in [2.75, 3.05) is 7.11 Å². The van der Waals surface area contributed by atoms with Crippen molar-refractivity contribution in [3.63, 3.8) is 0 Å². The van der Waals surface area contributed by atoms with Crippen LogP contribution in [0, 0.1) is 0 Å². The minimum atomic E-state index is -0.983. The quantitative estimate of drug-likeness (QED) is 0.851. The number of aromatic nitrogens is 2. The van der Waals surface area contributed by atoms with Gasteiger partial charge in [-0.15, -0.1) is 11.8 Å². The van der Waals surface area contributed by atoms with Gasteiger partial charge in [0.25, 0.3) is 0 Å². The number of carbonyl (C=O) groups is 1. The molecule has 0 atom stereocenters. The first kappa shape index (κ1) is 13.5. The maximum Gasteiger partial charge on any atom is 0.339 e. The molecule has 0 aliphatic heterocycles. The molecule has 2 aromatic rings. The van der Waals surface area contributed by atoms with Gasteiger partial charge in [-0.1, -0.05) is 6.07 Å². The van der Waals surface area contributed by atoms with E-state index < -0.39 is 5.97 Å². The summed E-state index contributed by atoms with van der Waals surface area (Å²) in [6, 6.07) is 5.13. The second kappa shape index (κ2) is 5.79. The lowest BCUT2D eigenvalue weighted by molar-refractivity contribution is 0.0693. The third kappa shape index (κ3) is 3.29. The van der Waals surface area contributed by atoms with Gasteiger partial charge in [-0.25, -0.2) is 4.79 Å². The van der Waals surface area contributed by atoms with Crippen molar-refractivity contribution in [2.24, 2.45) is 7.05 Å². The van der Waals surface area contributed by atoms with Crippen LogP contribution in [-0.4, -0.2) is 28.0 Å². The van der Waals surface area contributed by atoms with Gasteiger partial charge in [0.15, 0.2) is 0 Å². The molecule has 0 amide bonds. The van der Waals surface area contributed by atoms with Crippen LogP contribution in [0.1, 0.15) is 15.9 Å². The Morgan fingerprint density at radius 3 is 2.89 bits per heavy atom. The number of carboxylic acid groups (broad SMARTS) is 1. The number of rotatable bonds is 5. The lowest BCUT2D eigenvalue weighted by Gasteiger charge is -2.07. The zero-order valence-corrected chi connectivity index (χ0v) is 11.5. The van der Waals surface area contributed by atoms with Gasteiger partial charge in [0.2, 0.25) is 0 Å². The SMILES string of the molecule is COc1cc(CSc2cnn(C)c2)ccc1C(=O)O. The number of aryl methyl sites for hydroxylation is 1. The number of hydrogen-bond acceptors (Lipinski definition) is 4. The molecule has 1 aromatic heterocycles. The number of hydrogen-bond donors (Lipinski definition) is 1. The predicted molar refractivity (Wildman–Crippen MR) is 72.7 cm³/mol. The van der Waals surface area contributed by atoms with Crippen molar-refractivity contribution < 1.29 is 14.6 Å². The van der Waals surface area contributed by atoms with Crippen LogP contribution in [0.25, 0.3) is 0 Å². The van der Waals surface area contributed by atoms with E-state index in [0.29, 0.717) is 5.75 Å². The van der Waals surface area contributed by atoms with Crippen molar-refractivity contribution in [2.45, 2.75) is 10.6 Å². The molecule has 0 bridgehead atoms. The molecule has 0 spiro atoms. The molecule has 0 aliphatic carbocycles. The molecular weight excluding hydrogens is 264 g/mol. The number of ether oxygens (including phenoxy) is 1. The van der Waals surface area contributed by atoms with E-state index in [1.807, 2.05) is 13.2 Å². The minimum Gasteiger partial charge on any atom is -0.496 e. The highest BCUT2D eigenvalue weighted by molar-refractivity contribution is 7.98. The molecule has 1 N–H and O–H groups in total. The molecular formula is C13H14N2O3S. The molecule has 0 unspecified atom stereocenters. The van der Waals surface area contributed by atoms with Gasteiger partial charge in [-0.05, 0) is 17.7 Å². The van der Waals surface area contributed by atoms with Crippen LogP contribution < -0.4 is 4.74 Å². The average molecular weight is 278 g/mol. The summed E-state index contributed by atoms with van der Waals surface area (Å²) < 4.78 is 6.84. The van der Waals surface area contributed by atoms with Crippen LogP contribution in [-0.2, 0) is 12.8 Å². The van der Waals surface area contributed by atoms with E-state index in [4.69, 9.17) is 9.84 Å². The first-order valence-corrected chi connectivity index (χ1v) is 6.60. The van der Waals surface area contributed by atoms with Crippen LogP contribution in [0.5, 0.6) is 5.75 Å². The Balaban J connectivity index is 2.11. The lowest BCUT2D eigenvalue weighted by atomic mass is 10.1. The summed E-state index contributed by atoms with van der Waals surface area (Å²) in [4.78, 5) is 12.1. The maximum atomic E-state index is 11.0. The summed E-state index contributed by atoms with van der Waals surface area (Å²) in [6.07, 6.45) is 3.74. The van der Waals surface area contributed by atoms with Crippen LogP contribution >= 0.6 is 11.8 Å².